The maximum Gasteiger partial charge on any atom is 0.258 e. The summed E-state index contributed by atoms with van der Waals surface area (Å²) in [6.45, 7) is 0.139. The summed E-state index contributed by atoms with van der Waals surface area (Å²) in [4.78, 5) is 21.1. The summed E-state index contributed by atoms with van der Waals surface area (Å²) in [5, 5.41) is 6.14. The predicted molar refractivity (Wildman–Crippen MR) is 104 cm³/mol. The lowest BCUT2D eigenvalue weighted by Gasteiger charge is -2.06. The number of ether oxygens (including phenoxy) is 1. The van der Waals surface area contributed by atoms with Gasteiger partial charge in [-0.1, -0.05) is 11.6 Å². The number of furan rings is 1. The molecule has 0 saturated heterocycles. The molecule has 0 aliphatic carbocycles. The second kappa shape index (κ2) is 7.77. The average molecular weight is 400 g/mol. The van der Waals surface area contributed by atoms with Crippen molar-refractivity contribution in [3.05, 3.63) is 65.0 Å². The van der Waals surface area contributed by atoms with E-state index < -0.39 is 0 Å². The largest absolute Gasteiger partial charge is 0.467 e. The molecule has 0 saturated carbocycles. The molecule has 1 N–H and O–H groups in total. The van der Waals surface area contributed by atoms with Crippen LogP contribution in [-0.4, -0.2) is 22.5 Å². The lowest BCUT2D eigenvalue weighted by Crippen LogP contribution is -2.28. The first kappa shape index (κ1) is 17.5. The quantitative estimate of drug-likeness (QED) is 0.523. The van der Waals surface area contributed by atoms with Crippen molar-refractivity contribution in [2.75, 3.05) is 6.61 Å². The molecular weight excluding hydrogens is 386 g/mol. The summed E-state index contributed by atoms with van der Waals surface area (Å²) in [5.41, 5.74) is 0.920. The summed E-state index contributed by atoms with van der Waals surface area (Å²) >= 11 is 7.38. The number of halogens is 1. The number of benzene rings is 1. The van der Waals surface area contributed by atoms with E-state index in [1.165, 1.54) is 17.7 Å². The van der Waals surface area contributed by atoms with Crippen molar-refractivity contribution < 1.29 is 13.9 Å². The van der Waals surface area contributed by atoms with Gasteiger partial charge >= 0.3 is 0 Å². The first-order valence-corrected chi connectivity index (χ1v) is 9.37. The van der Waals surface area contributed by atoms with Crippen molar-refractivity contribution in [1.29, 1.82) is 0 Å². The van der Waals surface area contributed by atoms with Crippen LogP contribution in [0.3, 0.4) is 0 Å². The zero-order valence-corrected chi connectivity index (χ0v) is 15.6. The SMILES string of the molecule is O=C(COc1ncnc2sccc12)NCc1ccc(-c2ccc(Cl)cc2)o1. The third-order valence-electron chi connectivity index (χ3n) is 3.82. The molecule has 0 aliphatic heterocycles. The van der Waals surface area contributed by atoms with Crippen LogP contribution in [-0.2, 0) is 11.3 Å². The maximum atomic E-state index is 12.0. The van der Waals surface area contributed by atoms with Crippen molar-refractivity contribution in [1.82, 2.24) is 15.3 Å². The van der Waals surface area contributed by atoms with Crippen molar-refractivity contribution >= 4 is 39.1 Å². The first-order valence-electron chi connectivity index (χ1n) is 8.11. The van der Waals surface area contributed by atoms with Crippen LogP contribution < -0.4 is 10.1 Å². The Labute approximate surface area is 163 Å². The van der Waals surface area contributed by atoms with E-state index in [4.69, 9.17) is 20.8 Å². The molecule has 0 radical (unpaired) electrons. The summed E-state index contributed by atoms with van der Waals surface area (Å²) in [7, 11) is 0. The number of nitrogens with one attached hydrogen (secondary N) is 1. The van der Waals surface area contributed by atoms with Gasteiger partial charge in [-0.2, -0.15) is 0 Å². The smallest absolute Gasteiger partial charge is 0.258 e. The van der Waals surface area contributed by atoms with Crippen LogP contribution in [0.5, 0.6) is 5.88 Å². The molecule has 0 spiro atoms. The van der Waals surface area contributed by atoms with Crippen molar-refractivity contribution in [3.63, 3.8) is 0 Å². The van der Waals surface area contributed by atoms with Crippen molar-refractivity contribution in [2.24, 2.45) is 0 Å². The Kier molecular flexibility index (Phi) is 5.04. The topological polar surface area (TPSA) is 77.2 Å². The Hall–Kier alpha value is -2.90. The van der Waals surface area contributed by atoms with Gasteiger partial charge < -0.3 is 14.5 Å². The zero-order valence-electron chi connectivity index (χ0n) is 14.0. The molecule has 1 aromatic carbocycles. The van der Waals surface area contributed by atoms with Crippen LogP contribution in [0.4, 0.5) is 0 Å². The molecule has 6 nitrogen and oxygen atoms in total. The van der Waals surface area contributed by atoms with E-state index in [-0.39, 0.29) is 19.1 Å². The first-order chi connectivity index (χ1) is 13.2. The van der Waals surface area contributed by atoms with E-state index in [0.717, 1.165) is 15.8 Å². The second-order valence-electron chi connectivity index (χ2n) is 5.66. The molecule has 4 aromatic rings. The van der Waals surface area contributed by atoms with Crippen LogP contribution in [0.25, 0.3) is 21.5 Å². The summed E-state index contributed by atoms with van der Waals surface area (Å²) in [5.74, 6) is 1.50. The highest BCUT2D eigenvalue weighted by Gasteiger charge is 2.10. The monoisotopic (exact) mass is 399 g/mol. The summed E-state index contributed by atoms with van der Waals surface area (Å²) < 4.78 is 11.3. The standard InChI is InChI=1S/C19H14ClN3O3S/c20-13-3-1-12(2-4-13)16-6-5-14(26-16)9-21-17(24)10-25-18-15-7-8-27-19(15)23-11-22-18/h1-8,11H,9-10H2,(H,21,24). The van der Waals surface area contributed by atoms with Crippen molar-refractivity contribution in [2.45, 2.75) is 6.54 Å². The number of nitrogens with zero attached hydrogens (tertiary/aromatic N) is 2. The number of fused-ring (bicyclic) bond motifs is 1. The van der Waals surface area contributed by atoms with Gasteiger partial charge in [0.15, 0.2) is 6.61 Å². The maximum absolute atomic E-state index is 12.0. The van der Waals surface area contributed by atoms with E-state index >= 15 is 0 Å². The second-order valence-corrected chi connectivity index (χ2v) is 6.99. The van der Waals surface area contributed by atoms with E-state index in [1.54, 1.807) is 12.1 Å². The Balaban J connectivity index is 1.32. The number of rotatable bonds is 6. The molecule has 0 unspecified atom stereocenters. The molecule has 3 heterocycles. The van der Waals surface area contributed by atoms with E-state index in [2.05, 4.69) is 15.3 Å². The molecule has 8 heteroatoms. The van der Waals surface area contributed by atoms with E-state index in [1.807, 2.05) is 35.7 Å². The van der Waals surface area contributed by atoms with Crippen LogP contribution in [0.2, 0.25) is 5.02 Å². The highest BCUT2D eigenvalue weighted by atomic mass is 35.5. The lowest BCUT2D eigenvalue weighted by atomic mass is 10.2. The van der Waals surface area contributed by atoms with E-state index in [9.17, 15) is 4.79 Å². The molecule has 27 heavy (non-hydrogen) atoms. The third-order valence-corrected chi connectivity index (χ3v) is 4.89. The normalized spacial score (nSPS) is 10.9. The van der Waals surface area contributed by atoms with Crippen LogP contribution >= 0.6 is 22.9 Å². The number of hydrogen-bond donors (Lipinski definition) is 1. The number of hydrogen-bond acceptors (Lipinski definition) is 6. The number of amides is 1. The van der Waals surface area contributed by atoms with Crippen LogP contribution in [0, 0.1) is 0 Å². The number of carbonyl (C=O) groups excluding carboxylic acids is 1. The minimum Gasteiger partial charge on any atom is -0.467 e. The Morgan fingerprint density at radius 2 is 2.00 bits per heavy atom. The van der Waals surface area contributed by atoms with E-state index in [0.29, 0.717) is 22.4 Å². The van der Waals surface area contributed by atoms with Gasteiger partial charge in [-0.15, -0.1) is 11.3 Å². The van der Waals surface area contributed by atoms with Gasteiger partial charge in [-0.3, -0.25) is 4.79 Å². The molecule has 136 valence electrons. The summed E-state index contributed by atoms with van der Waals surface area (Å²) in [6, 6.07) is 12.9. The Morgan fingerprint density at radius 1 is 1.15 bits per heavy atom. The van der Waals surface area contributed by atoms with Gasteiger partial charge in [0.2, 0.25) is 5.88 Å². The average Bonchev–Trinajstić information content (AvgIpc) is 3.35. The number of thiophene rings is 1. The highest BCUT2D eigenvalue weighted by Crippen LogP contribution is 2.25. The van der Waals surface area contributed by atoms with Gasteiger partial charge in [0, 0.05) is 10.6 Å². The molecule has 1 amide bonds. The van der Waals surface area contributed by atoms with Crippen LogP contribution in [0.1, 0.15) is 5.76 Å². The molecular formula is C19H14ClN3O3S. The minimum atomic E-state index is -0.263. The molecule has 0 atom stereocenters. The van der Waals surface area contributed by atoms with Gasteiger partial charge in [0.1, 0.15) is 22.7 Å². The number of aromatic nitrogens is 2. The molecule has 0 fully saturated rings. The molecule has 0 aliphatic rings. The predicted octanol–water partition coefficient (Wildman–Crippen LogP) is 4.30. The fraction of sp³-hybridized carbons (Fsp3) is 0.105. The molecule has 0 bridgehead atoms. The lowest BCUT2D eigenvalue weighted by molar-refractivity contribution is -0.123. The fourth-order valence-electron chi connectivity index (χ4n) is 2.50. The molecule has 4 rings (SSSR count). The van der Waals surface area contributed by atoms with Gasteiger partial charge in [-0.05, 0) is 47.8 Å². The van der Waals surface area contributed by atoms with Gasteiger partial charge in [-0.25, -0.2) is 9.97 Å². The number of carbonyl (C=O) groups is 1. The fourth-order valence-corrected chi connectivity index (χ4v) is 3.34. The Morgan fingerprint density at radius 3 is 2.85 bits per heavy atom. The zero-order chi connectivity index (χ0) is 18.6. The Bertz CT molecular complexity index is 1080. The van der Waals surface area contributed by atoms with Crippen LogP contribution in [0.15, 0.2) is 58.6 Å². The van der Waals surface area contributed by atoms with Gasteiger partial charge in [0.05, 0.1) is 11.9 Å². The molecule has 3 aromatic heterocycles. The third kappa shape index (κ3) is 4.10. The summed E-state index contributed by atoms with van der Waals surface area (Å²) in [6.07, 6.45) is 1.42. The highest BCUT2D eigenvalue weighted by molar-refractivity contribution is 7.16. The minimum absolute atomic E-state index is 0.132. The van der Waals surface area contributed by atoms with Gasteiger partial charge in [0.25, 0.3) is 5.91 Å². The van der Waals surface area contributed by atoms with Crippen molar-refractivity contribution in [3.8, 4) is 17.2 Å².